The first kappa shape index (κ1) is 12.6. The second-order valence-electron chi connectivity index (χ2n) is 3.77. The Labute approximate surface area is 95.9 Å². The van der Waals surface area contributed by atoms with E-state index in [1.165, 1.54) is 10.5 Å². The fourth-order valence-electron chi connectivity index (χ4n) is 1.42. The molecule has 0 amide bonds. The van der Waals surface area contributed by atoms with Gasteiger partial charge in [0.25, 0.3) is 0 Å². The Kier molecular flexibility index (Phi) is 5.15. The van der Waals surface area contributed by atoms with Gasteiger partial charge in [0.2, 0.25) is 0 Å². The van der Waals surface area contributed by atoms with Crippen LogP contribution >= 0.6 is 11.8 Å². The molecule has 0 bridgehead atoms. The maximum Gasteiger partial charge on any atom is 0.0441 e. The van der Waals surface area contributed by atoms with Crippen LogP contribution in [0.2, 0.25) is 0 Å². The molecule has 0 heterocycles. The summed E-state index contributed by atoms with van der Waals surface area (Å²) in [5, 5.41) is 9.28. The lowest BCUT2D eigenvalue weighted by Gasteiger charge is -2.15. The van der Waals surface area contributed by atoms with Crippen LogP contribution < -0.4 is 5.73 Å². The summed E-state index contributed by atoms with van der Waals surface area (Å²) in [4.78, 5) is 1.23. The summed E-state index contributed by atoms with van der Waals surface area (Å²) < 4.78 is 0. The van der Waals surface area contributed by atoms with Crippen LogP contribution in [-0.2, 0) is 0 Å². The zero-order chi connectivity index (χ0) is 11.3. The highest BCUT2D eigenvalue weighted by molar-refractivity contribution is 8.00. The minimum absolute atomic E-state index is 0.0648. The zero-order valence-electron chi connectivity index (χ0n) is 9.31. The maximum atomic E-state index is 8.86. The van der Waals surface area contributed by atoms with E-state index in [9.17, 15) is 0 Å². The van der Waals surface area contributed by atoms with Gasteiger partial charge < -0.3 is 10.8 Å². The number of hydrogen-bond acceptors (Lipinski definition) is 3. The van der Waals surface area contributed by atoms with Crippen molar-refractivity contribution in [3.05, 3.63) is 29.8 Å². The fraction of sp³-hybridized carbons (Fsp3) is 0.500. The van der Waals surface area contributed by atoms with Crippen molar-refractivity contribution in [2.75, 3.05) is 6.61 Å². The van der Waals surface area contributed by atoms with Crippen molar-refractivity contribution in [3.8, 4) is 0 Å². The van der Waals surface area contributed by atoms with E-state index in [-0.39, 0.29) is 12.6 Å². The van der Waals surface area contributed by atoms with Crippen molar-refractivity contribution in [1.82, 2.24) is 0 Å². The third kappa shape index (κ3) is 3.86. The molecule has 1 aromatic rings. The summed E-state index contributed by atoms with van der Waals surface area (Å²) in [6.45, 7) is 4.36. The van der Waals surface area contributed by atoms with Crippen molar-refractivity contribution >= 4 is 11.8 Å². The number of thioether (sulfide) groups is 1. The molecule has 0 aliphatic rings. The summed E-state index contributed by atoms with van der Waals surface area (Å²) >= 11 is 1.78. The molecule has 0 radical (unpaired) electrons. The van der Waals surface area contributed by atoms with E-state index in [4.69, 9.17) is 10.8 Å². The standard InChI is InChI=1S/C12H19NOS/c1-9(7-8-14)15-12-6-4-3-5-11(12)10(2)13/h3-6,9-10,14H,7-8,13H2,1-2H3. The van der Waals surface area contributed by atoms with Crippen LogP contribution in [0.3, 0.4) is 0 Å². The molecule has 0 aliphatic heterocycles. The highest BCUT2D eigenvalue weighted by Gasteiger charge is 2.09. The summed E-state index contributed by atoms with van der Waals surface area (Å²) in [7, 11) is 0. The number of aliphatic hydroxyl groups excluding tert-OH is 1. The molecule has 3 heteroatoms. The van der Waals surface area contributed by atoms with E-state index in [2.05, 4.69) is 19.1 Å². The molecule has 0 spiro atoms. The van der Waals surface area contributed by atoms with Crippen LogP contribution in [0.15, 0.2) is 29.2 Å². The predicted molar refractivity (Wildman–Crippen MR) is 66.1 cm³/mol. The van der Waals surface area contributed by atoms with E-state index in [1.54, 1.807) is 11.8 Å². The van der Waals surface area contributed by atoms with Gasteiger partial charge in [0.1, 0.15) is 0 Å². The highest BCUT2D eigenvalue weighted by atomic mass is 32.2. The fourth-order valence-corrected chi connectivity index (χ4v) is 2.63. The molecule has 1 aromatic carbocycles. The van der Waals surface area contributed by atoms with E-state index in [1.807, 2.05) is 19.1 Å². The molecule has 0 saturated heterocycles. The lowest BCUT2D eigenvalue weighted by atomic mass is 10.1. The molecule has 84 valence electrons. The van der Waals surface area contributed by atoms with E-state index >= 15 is 0 Å². The topological polar surface area (TPSA) is 46.2 Å². The average molecular weight is 225 g/mol. The predicted octanol–water partition coefficient (Wildman–Crippen LogP) is 2.57. The van der Waals surface area contributed by atoms with Crippen molar-refractivity contribution in [2.24, 2.45) is 5.73 Å². The molecule has 0 fully saturated rings. The van der Waals surface area contributed by atoms with E-state index < -0.39 is 0 Å². The molecule has 3 N–H and O–H groups in total. The van der Waals surface area contributed by atoms with Gasteiger partial charge in [-0.15, -0.1) is 11.8 Å². The third-order valence-corrected chi connectivity index (χ3v) is 3.54. The van der Waals surface area contributed by atoms with Gasteiger partial charge in [-0.3, -0.25) is 0 Å². The smallest absolute Gasteiger partial charge is 0.0441 e. The molecular formula is C12H19NOS. The first-order valence-electron chi connectivity index (χ1n) is 5.27. The quantitative estimate of drug-likeness (QED) is 0.757. The normalized spacial score (nSPS) is 14.9. The van der Waals surface area contributed by atoms with Gasteiger partial charge >= 0.3 is 0 Å². The van der Waals surface area contributed by atoms with Crippen LogP contribution in [0.25, 0.3) is 0 Å². The van der Waals surface area contributed by atoms with Crippen LogP contribution in [0.4, 0.5) is 0 Å². The Morgan fingerprint density at radius 1 is 1.33 bits per heavy atom. The van der Waals surface area contributed by atoms with E-state index in [0.29, 0.717) is 5.25 Å². The minimum Gasteiger partial charge on any atom is -0.396 e. The largest absolute Gasteiger partial charge is 0.396 e. The Hall–Kier alpha value is -0.510. The van der Waals surface area contributed by atoms with Gasteiger partial charge in [-0.2, -0.15) is 0 Å². The first-order valence-corrected chi connectivity index (χ1v) is 6.15. The van der Waals surface area contributed by atoms with Gasteiger partial charge in [0.05, 0.1) is 0 Å². The monoisotopic (exact) mass is 225 g/mol. The first-order chi connectivity index (χ1) is 7.15. The van der Waals surface area contributed by atoms with Crippen LogP contribution in [-0.4, -0.2) is 17.0 Å². The minimum atomic E-state index is 0.0648. The molecule has 2 unspecified atom stereocenters. The lowest BCUT2D eigenvalue weighted by molar-refractivity contribution is 0.289. The van der Waals surface area contributed by atoms with Crippen LogP contribution in [0.1, 0.15) is 31.9 Å². The summed E-state index contributed by atoms with van der Waals surface area (Å²) in [6, 6.07) is 8.27. The van der Waals surface area contributed by atoms with Crippen molar-refractivity contribution in [2.45, 2.75) is 36.5 Å². The maximum absolute atomic E-state index is 8.86. The molecule has 0 aliphatic carbocycles. The summed E-state index contributed by atoms with van der Waals surface area (Å²) in [6.07, 6.45) is 0.817. The van der Waals surface area contributed by atoms with Crippen LogP contribution in [0.5, 0.6) is 0 Å². The Balaban J connectivity index is 2.75. The molecule has 2 atom stereocenters. The molecule has 0 saturated carbocycles. The number of rotatable bonds is 5. The average Bonchev–Trinajstić information content (AvgIpc) is 2.18. The summed E-state index contributed by atoms with van der Waals surface area (Å²) in [5.74, 6) is 0. The molecule has 0 aromatic heterocycles. The molecule has 1 rings (SSSR count). The Morgan fingerprint density at radius 2 is 2.00 bits per heavy atom. The van der Waals surface area contributed by atoms with Gasteiger partial charge in [0, 0.05) is 22.8 Å². The zero-order valence-corrected chi connectivity index (χ0v) is 10.1. The van der Waals surface area contributed by atoms with Gasteiger partial charge in [-0.1, -0.05) is 25.1 Å². The third-order valence-electron chi connectivity index (χ3n) is 2.27. The van der Waals surface area contributed by atoms with Crippen LogP contribution in [0, 0.1) is 0 Å². The number of aliphatic hydroxyl groups is 1. The van der Waals surface area contributed by atoms with Crippen molar-refractivity contribution in [1.29, 1.82) is 0 Å². The SMILES string of the molecule is CC(CCO)Sc1ccccc1C(C)N. The second-order valence-corrected chi connectivity index (χ2v) is 5.25. The van der Waals surface area contributed by atoms with E-state index in [0.717, 1.165) is 6.42 Å². The van der Waals surface area contributed by atoms with Gasteiger partial charge in [-0.25, -0.2) is 0 Å². The lowest BCUT2D eigenvalue weighted by Crippen LogP contribution is -2.07. The Bertz CT molecular complexity index is 301. The second kappa shape index (κ2) is 6.16. The highest BCUT2D eigenvalue weighted by Crippen LogP contribution is 2.30. The Morgan fingerprint density at radius 3 is 2.60 bits per heavy atom. The number of nitrogens with two attached hydrogens (primary N) is 1. The van der Waals surface area contributed by atoms with Crippen molar-refractivity contribution < 1.29 is 5.11 Å². The molecule has 2 nitrogen and oxygen atoms in total. The summed E-state index contributed by atoms with van der Waals surface area (Å²) in [5.41, 5.74) is 7.09. The molecule has 15 heavy (non-hydrogen) atoms. The number of hydrogen-bond donors (Lipinski definition) is 2. The van der Waals surface area contributed by atoms with Gasteiger partial charge in [-0.05, 0) is 25.0 Å². The van der Waals surface area contributed by atoms with Gasteiger partial charge in [0.15, 0.2) is 0 Å². The molecular weight excluding hydrogens is 206 g/mol. The number of benzene rings is 1. The van der Waals surface area contributed by atoms with Crippen molar-refractivity contribution in [3.63, 3.8) is 0 Å².